The summed E-state index contributed by atoms with van der Waals surface area (Å²) in [6.45, 7) is 1.84. The number of fused-ring (bicyclic) bond motifs is 2. The number of nitrogens with one attached hydrogen (secondary N) is 3. The van der Waals surface area contributed by atoms with E-state index in [0.717, 1.165) is 16.2 Å². The maximum absolute atomic E-state index is 12.5. The van der Waals surface area contributed by atoms with Crippen molar-refractivity contribution < 1.29 is 4.79 Å². The molecule has 4 aromatic rings. The second-order valence-electron chi connectivity index (χ2n) is 6.03. The van der Waals surface area contributed by atoms with Crippen LogP contribution in [0.1, 0.15) is 6.92 Å². The molecule has 0 aliphatic heterocycles. The van der Waals surface area contributed by atoms with Crippen LogP contribution in [0.4, 0.5) is 5.69 Å². The van der Waals surface area contributed by atoms with Crippen LogP contribution >= 0.6 is 11.8 Å². The predicted molar refractivity (Wildman–Crippen MR) is 104 cm³/mol. The fourth-order valence-corrected chi connectivity index (χ4v) is 3.68. The van der Waals surface area contributed by atoms with E-state index in [1.807, 2.05) is 42.8 Å². The summed E-state index contributed by atoms with van der Waals surface area (Å²) in [6.07, 6.45) is 0. The van der Waals surface area contributed by atoms with E-state index in [1.165, 1.54) is 11.8 Å². The zero-order valence-corrected chi connectivity index (χ0v) is 15.1. The van der Waals surface area contributed by atoms with Gasteiger partial charge in [-0.05, 0) is 37.3 Å². The van der Waals surface area contributed by atoms with Crippen LogP contribution in [0, 0.1) is 0 Å². The molecular weight excluding hydrogens is 350 g/mol. The van der Waals surface area contributed by atoms with Gasteiger partial charge in [-0.15, -0.1) is 0 Å². The number of hydrogen-bond acceptors (Lipinski definition) is 4. The van der Waals surface area contributed by atoms with Gasteiger partial charge in [0.2, 0.25) is 5.91 Å². The molecule has 1 atom stereocenters. The number of hydrogen-bond donors (Lipinski definition) is 3. The Morgan fingerprint density at radius 1 is 1.19 bits per heavy atom. The number of carbonyl (C=O) groups is 1. The number of aromatic nitrogens is 4. The molecule has 26 heavy (non-hydrogen) atoms. The number of aromatic amines is 2. The first kappa shape index (κ1) is 16.5. The Morgan fingerprint density at radius 2 is 1.96 bits per heavy atom. The van der Waals surface area contributed by atoms with Crippen molar-refractivity contribution in [3.63, 3.8) is 0 Å². The quantitative estimate of drug-likeness (QED) is 0.483. The molecule has 0 bridgehead atoms. The van der Waals surface area contributed by atoms with E-state index in [-0.39, 0.29) is 16.8 Å². The molecule has 0 spiro atoms. The Bertz CT molecular complexity index is 1170. The van der Waals surface area contributed by atoms with Crippen LogP contribution in [0.5, 0.6) is 0 Å². The third kappa shape index (κ3) is 2.99. The molecule has 132 valence electrons. The number of imidazole rings is 2. The van der Waals surface area contributed by atoms with Crippen LogP contribution in [0.25, 0.3) is 22.1 Å². The first-order valence-corrected chi connectivity index (χ1v) is 9.00. The number of thioether (sulfide) groups is 1. The Kier molecular flexibility index (Phi) is 4.04. The minimum absolute atomic E-state index is 0.126. The van der Waals surface area contributed by atoms with E-state index in [1.54, 1.807) is 18.2 Å². The summed E-state index contributed by atoms with van der Waals surface area (Å²) in [7, 11) is 1.94. The standard InChI is InChI=1S/C18H17N5O2S/c1-10(26-18-22-13-5-3-4-6-15(13)23(18)2)16(24)19-11-7-8-12-14(9-11)21-17(25)20-12/h3-10H,1-2H3,(H,19,24)(H2,20,21,25). The van der Waals surface area contributed by atoms with Gasteiger partial charge in [-0.3, -0.25) is 4.79 Å². The molecule has 0 aliphatic carbocycles. The SMILES string of the molecule is CC(Sc1nc2ccccc2n1C)C(=O)Nc1ccc2[nH]c(=O)[nH]c2c1. The number of para-hydroxylation sites is 2. The van der Waals surface area contributed by atoms with Crippen LogP contribution < -0.4 is 11.0 Å². The van der Waals surface area contributed by atoms with Gasteiger partial charge in [0.1, 0.15) is 0 Å². The van der Waals surface area contributed by atoms with Crippen molar-refractivity contribution in [3.05, 3.63) is 52.9 Å². The van der Waals surface area contributed by atoms with Crippen LogP contribution in [-0.4, -0.2) is 30.7 Å². The minimum atomic E-state index is -0.327. The zero-order chi connectivity index (χ0) is 18.3. The lowest BCUT2D eigenvalue weighted by atomic mass is 10.2. The molecule has 0 saturated heterocycles. The summed E-state index contributed by atoms with van der Waals surface area (Å²) in [5, 5.41) is 3.35. The van der Waals surface area contributed by atoms with Crippen molar-refractivity contribution in [1.29, 1.82) is 0 Å². The number of H-pyrrole nitrogens is 2. The van der Waals surface area contributed by atoms with Crippen LogP contribution in [0.15, 0.2) is 52.4 Å². The van der Waals surface area contributed by atoms with Crippen molar-refractivity contribution in [2.45, 2.75) is 17.3 Å². The number of anilines is 1. The van der Waals surface area contributed by atoms with E-state index in [0.29, 0.717) is 16.7 Å². The third-order valence-electron chi connectivity index (χ3n) is 4.18. The van der Waals surface area contributed by atoms with Gasteiger partial charge in [-0.2, -0.15) is 0 Å². The third-order valence-corrected chi connectivity index (χ3v) is 5.32. The molecule has 3 N–H and O–H groups in total. The molecule has 0 fully saturated rings. The summed E-state index contributed by atoms with van der Waals surface area (Å²) in [5.74, 6) is -0.126. The lowest BCUT2D eigenvalue weighted by Crippen LogP contribution is -2.22. The zero-order valence-electron chi connectivity index (χ0n) is 14.2. The van der Waals surface area contributed by atoms with Crippen LogP contribution in [0.2, 0.25) is 0 Å². The molecule has 1 unspecified atom stereocenters. The van der Waals surface area contributed by atoms with Gasteiger partial charge in [0.25, 0.3) is 0 Å². The number of rotatable bonds is 4. The molecule has 7 nitrogen and oxygen atoms in total. The van der Waals surface area contributed by atoms with Gasteiger partial charge in [0.05, 0.1) is 27.3 Å². The molecule has 8 heteroatoms. The highest BCUT2D eigenvalue weighted by atomic mass is 32.2. The van der Waals surface area contributed by atoms with Crippen LogP contribution in [0.3, 0.4) is 0 Å². The number of nitrogens with zero attached hydrogens (tertiary/aromatic N) is 2. The molecule has 4 rings (SSSR count). The molecule has 2 heterocycles. The maximum atomic E-state index is 12.5. The average molecular weight is 367 g/mol. The molecule has 1 amide bonds. The van der Waals surface area contributed by atoms with Crippen molar-refractivity contribution >= 4 is 45.4 Å². The van der Waals surface area contributed by atoms with E-state index in [2.05, 4.69) is 20.3 Å². The Hall–Kier alpha value is -3.00. The minimum Gasteiger partial charge on any atom is -0.325 e. The fourth-order valence-electron chi connectivity index (χ4n) is 2.79. The summed E-state index contributed by atoms with van der Waals surface area (Å²) < 4.78 is 1.99. The molecule has 2 aromatic heterocycles. The smallest absolute Gasteiger partial charge is 0.323 e. The number of amides is 1. The highest BCUT2D eigenvalue weighted by Gasteiger charge is 2.18. The Morgan fingerprint density at radius 3 is 2.77 bits per heavy atom. The van der Waals surface area contributed by atoms with Crippen molar-refractivity contribution in [2.24, 2.45) is 7.05 Å². The Balaban J connectivity index is 1.51. The second-order valence-corrected chi connectivity index (χ2v) is 7.34. The maximum Gasteiger partial charge on any atom is 0.323 e. The topological polar surface area (TPSA) is 95.6 Å². The summed E-state index contributed by atoms with van der Waals surface area (Å²) in [4.78, 5) is 33.8. The average Bonchev–Trinajstić information content (AvgIpc) is 3.14. The van der Waals surface area contributed by atoms with Gasteiger partial charge in [-0.1, -0.05) is 23.9 Å². The highest BCUT2D eigenvalue weighted by Crippen LogP contribution is 2.27. The lowest BCUT2D eigenvalue weighted by Gasteiger charge is -2.12. The van der Waals surface area contributed by atoms with Gasteiger partial charge in [-0.25, -0.2) is 9.78 Å². The predicted octanol–water partition coefficient (Wildman–Crippen LogP) is 2.86. The number of aryl methyl sites for hydroxylation is 1. The summed E-state index contributed by atoms with van der Waals surface area (Å²) >= 11 is 1.41. The highest BCUT2D eigenvalue weighted by molar-refractivity contribution is 8.00. The normalized spacial score (nSPS) is 12.5. The van der Waals surface area contributed by atoms with Gasteiger partial charge >= 0.3 is 5.69 Å². The summed E-state index contributed by atoms with van der Waals surface area (Å²) in [6, 6.07) is 13.1. The van der Waals surface area contributed by atoms with E-state index in [4.69, 9.17) is 0 Å². The molecular formula is C18H17N5O2S. The van der Waals surface area contributed by atoms with Crippen molar-refractivity contribution in [3.8, 4) is 0 Å². The molecule has 0 aliphatic rings. The number of carbonyl (C=O) groups excluding carboxylic acids is 1. The van der Waals surface area contributed by atoms with Gasteiger partial charge in [0, 0.05) is 12.7 Å². The largest absolute Gasteiger partial charge is 0.325 e. The molecule has 2 aromatic carbocycles. The molecule has 0 radical (unpaired) electrons. The van der Waals surface area contributed by atoms with E-state index < -0.39 is 0 Å². The Labute approximate surface area is 152 Å². The fraction of sp³-hybridized carbons (Fsp3) is 0.167. The lowest BCUT2D eigenvalue weighted by molar-refractivity contribution is -0.115. The summed E-state index contributed by atoms with van der Waals surface area (Å²) in [5.41, 5.74) is 3.67. The van der Waals surface area contributed by atoms with Gasteiger partial charge in [0.15, 0.2) is 5.16 Å². The van der Waals surface area contributed by atoms with Gasteiger partial charge < -0.3 is 19.9 Å². The molecule has 0 saturated carbocycles. The van der Waals surface area contributed by atoms with Crippen LogP contribution in [-0.2, 0) is 11.8 Å². The first-order valence-electron chi connectivity index (χ1n) is 8.12. The van der Waals surface area contributed by atoms with Crippen molar-refractivity contribution in [2.75, 3.05) is 5.32 Å². The monoisotopic (exact) mass is 367 g/mol. The first-order chi connectivity index (χ1) is 12.5. The number of benzene rings is 2. The van der Waals surface area contributed by atoms with Crippen molar-refractivity contribution in [1.82, 2.24) is 19.5 Å². The van der Waals surface area contributed by atoms with E-state index >= 15 is 0 Å². The second kappa shape index (κ2) is 6.38. The van der Waals surface area contributed by atoms with E-state index in [9.17, 15) is 9.59 Å².